The van der Waals surface area contributed by atoms with Gasteiger partial charge in [0.15, 0.2) is 0 Å². The number of hydrogen-bond acceptors (Lipinski definition) is 4. The van der Waals surface area contributed by atoms with Gasteiger partial charge in [-0.05, 0) is 33.2 Å². The minimum absolute atomic E-state index is 0.106. The molecule has 0 aliphatic rings. The number of amides is 8. The second-order valence-electron chi connectivity index (χ2n) is 3.99. The van der Waals surface area contributed by atoms with Crippen molar-refractivity contribution in [2.24, 2.45) is 17.2 Å². The average Bonchev–Trinajstić information content (AvgIpc) is 2.57. The van der Waals surface area contributed by atoms with E-state index in [9.17, 15) is 14.4 Å². The first-order valence-corrected chi connectivity index (χ1v) is 8.50. The van der Waals surface area contributed by atoms with Crippen molar-refractivity contribution >= 4 is 55.5 Å². The fraction of sp³-hybridized carbons (Fsp3) is 0.667. The van der Waals surface area contributed by atoms with Gasteiger partial charge in [-0.25, -0.2) is 19.2 Å². The van der Waals surface area contributed by atoms with Crippen LogP contribution in [0.1, 0.15) is 13.8 Å². The monoisotopic (exact) mass is 429 g/mol. The number of hydrogen-bond donors (Lipinski definition) is 10. The van der Waals surface area contributed by atoms with Gasteiger partial charge in [0.05, 0.1) is 30.1 Å². The molecule has 18 heteroatoms. The molecule has 0 atom stereocenters. The van der Waals surface area contributed by atoms with Crippen molar-refractivity contribution in [3.05, 3.63) is 0 Å². The van der Waals surface area contributed by atoms with Crippen LogP contribution in [-0.2, 0) is 0 Å². The maximum absolute atomic E-state index is 10.3. The molecule has 0 fully saturated rings. The zero-order chi connectivity index (χ0) is 25.4. The maximum atomic E-state index is 10.3. The van der Waals surface area contributed by atoms with Gasteiger partial charge in [-0.2, -0.15) is 0 Å². The third kappa shape index (κ3) is 171. The smallest absolute Gasteiger partial charge is 0.366 e. The van der Waals surface area contributed by atoms with E-state index >= 15 is 0 Å². The van der Waals surface area contributed by atoms with Crippen LogP contribution in [0.15, 0.2) is 0 Å². The highest BCUT2D eigenvalue weighted by Crippen LogP contribution is 1.58. The van der Waals surface area contributed by atoms with Crippen LogP contribution in [0, 0.1) is 0 Å². The predicted molar refractivity (Wildman–Crippen MR) is 119 cm³/mol. The van der Waals surface area contributed by atoms with Crippen LogP contribution >= 0.6 is 0 Å². The third-order valence-corrected chi connectivity index (χ3v) is 1.15. The first-order valence-electron chi connectivity index (χ1n) is 8.50. The molecule has 0 rings (SSSR count). The SMILES string of the molecule is CC[NH3+].NC([NH3+])=O.[B]CNC(=O)NCC.[B]CNC(N)=O.[B]CNC(N)=O.[B]C[NH3+]. The molecule has 14 nitrogen and oxygen atoms in total. The molecule has 0 bridgehead atoms. The third-order valence-electron chi connectivity index (χ3n) is 1.15. The van der Waals surface area contributed by atoms with Gasteiger partial charge in [-0.3, -0.25) is 5.73 Å². The molecule has 8 amide bonds. The number of carbonyl (C=O) groups is 4. The number of nitrogens with two attached hydrogens (primary N) is 3. The van der Waals surface area contributed by atoms with Gasteiger partial charge >= 0.3 is 24.1 Å². The van der Waals surface area contributed by atoms with Crippen LogP contribution in [0.5, 0.6) is 0 Å². The van der Waals surface area contributed by atoms with Gasteiger partial charge in [0.25, 0.3) is 0 Å². The Morgan fingerprint density at radius 3 is 1.07 bits per heavy atom. The van der Waals surface area contributed by atoms with Gasteiger partial charge < -0.3 is 49.9 Å². The number of quaternary nitrogens is 3. The van der Waals surface area contributed by atoms with Crippen LogP contribution < -0.4 is 55.7 Å². The summed E-state index contributed by atoms with van der Waals surface area (Å²) in [4.78, 5) is 38.7. The number of nitrogens with one attached hydrogen (secondary N) is 4. The molecule has 0 heterocycles. The fourth-order valence-corrected chi connectivity index (χ4v) is 0.517. The normalized spacial score (nSPS) is 7.10. The molecule has 8 radical (unpaired) electrons. The van der Waals surface area contributed by atoms with Crippen molar-refractivity contribution in [2.75, 3.05) is 38.9 Å². The van der Waals surface area contributed by atoms with E-state index in [1.54, 1.807) is 0 Å². The van der Waals surface area contributed by atoms with Crippen LogP contribution in [0.4, 0.5) is 19.2 Å². The molecule has 168 valence electrons. The molecule has 30 heavy (non-hydrogen) atoms. The summed E-state index contributed by atoms with van der Waals surface area (Å²) < 4.78 is 0. The Bertz CT molecular complexity index is 355. The summed E-state index contributed by atoms with van der Waals surface area (Å²) in [6.07, 6.45) is 0.899. The summed E-state index contributed by atoms with van der Waals surface area (Å²) in [5, 5.41) is 9.14. The molecule has 0 aromatic rings. The van der Waals surface area contributed by atoms with Crippen molar-refractivity contribution in [1.29, 1.82) is 0 Å². The maximum Gasteiger partial charge on any atom is 0.409 e. The van der Waals surface area contributed by atoms with E-state index in [-0.39, 0.29) is 25.4 Å². The Balaban J connectivity index is -0.0000000599. The first kappa shape index (κ1) is 41.7. The lowest BCUT2D eigenvalue weighted by atomic mass is 10.2. The highest BCUT2D eigenvalue weighted by Gasteiger charge is 1.89. The number of rotatable bonds is 4. The Morgan fingerprint density at radius 2 is 0.967 bits per heavy atom. The highest BCUT2D eigenvalue weighted by molar-refractivity contribution is 6.10. The summed E-state index contributed by atoms with van der Waals surface area (Å²) >= 11 is 0. The minimum Gasteiger partial charge on any atom is -0.366 e. The van der Waals surface area contributed by atoms with E-state index in [4.69, 9.17) is 36.2 Å². The summed E-state index contributed by atoms with van der Waals surface area (Å²) in [7, 11) is 19.4. The van der Waals surface area contributed by atoms with Crippen molar-refractivity contribution in [3.63, 3.8) is 0 Å². The first-order chi connectivity index (χ1) is 13.9. The molecule has 0 saturated heterocycles. The van der Waals surface area contributed by atoms with Gasteiger partial charge in [0.2, 0.25) is 0 Å². The molecule has 0 aliphatic heterocycles. The van der Waals surface area contributed by atoms with Gasteiger partial charge in [-0.15, -0.1) is 0 Å². The topological polar surface area (TPSA) is 277 Å². The van der Waals surface area contributed by atoms with Crippen molar-refractivity contribution in [1.82, 2.24) is 21.3 Å². The Morgan fingerprint density at radius 1 is 0.733 bits per heavy atom. The molecule has 0 aliphatic carbocycles. The summed E-state index contributed by atoms with van der Waals surface area (Å²) in [6, 6.07) is -1.97. The van der Waals surface area contributed by atoms with Gasteiger partial charge in [-0.1, -0.05) is 0 Å². The zero-order valence-electron chi connectivity index (χ0n) is 18.0. The lowest BCUT2D eigenvalue weighted by Crippen LogP contribution is -2.60. The van der Waals surface area contributed by atoms with Crippen LogP contribution in [0.3, 0.4) is 0 Å². The van der Waals surface area contributed by atoms with E-state index in [1.165, 1.54) is 0 Å². The van der Waals surface area contributed by atoms with Crippen molar-refractivity contribution < 1.29 is 36.4 Å². The number of carbonyl (C=O) groups excluding carboxylic acids is 4. The summed E-state index contributed by atoms with van der Waals surface area (Å²) in [6.45, 7) is 5.49. The number of primary amides is 3. The predicted octanol–water partition coefficient (Wildman–Crippen LogP) is -7.10. The van der Waals surface area contributed by atoms with E-state index in [2.05, 4.69) is 55.7 Å². The number of urea groups is 4. The second-order valence-corrected chi connectivity index (χ2v) is 3.99. The lowest BCUT2D eigenvalue weighted by Gasteiger charge is -2.00. The molecule has 0 aromatic carbocycles. The Kier molecular flexibility index (Phi) is 62.9. The van der Waals surface area contributed by atoms with Crippen LogP contribution in [0.2, 0.25) is 0 Å². The molecule has 19 N–H and O–H groups in total. The Labute approximate surface area is 183 Å². The van der Waals surface area contributed by atoms with Gasteiger partial charge in [0, 0.05) is 13.0 Å². The Hall–Kier alpha value is -2.58. The van der Waals surface area contributed by atoms with E-state index < -0.39 is 18.1 Å². The molecular weight excluding hydrogens is 391 g/mol. The fourth-order valence-electron chi connectivity index (χ4n) is 0.517. The van der Waals surface area contributed by atoms with E-state index in [0.717, 1.165) is 6.54 Å². The molecular formula is C12H37B4N10O4+3. The molecule has 0 saturated carbocycles. The van der Waals surface area contributed by atoms with Gasteiger partial charge in [0.1, 0.15) is 7.85 Å². The highest BCUT2D eigenvalue weighted by atomic mass is 16.2. The molecule has 0 unspecified atom stereocenters. The molecule has 0 aromatic heterocycles. The quantitative estimate of drug-likeness (QED) is 0.195. The molecule has 0 spiro atoms. The van der Waals surface area contributed by atoms with Crippen LogP contribution in [0.25, 0.3) is 0 Å². The zero-order valence-corrected chi connectivity index (χ0v) is 18.0. The minimum atomic E-state index is -0.586. The van der Waals surface area contributed by atoms with Crippen LogP contribution in [-0.4, -0.2) is 94.4 Å². The summed E-state index contributed by atoms with van der Waals surface area (Å²) in [5.74, 6) is 0. The second kappa shape index (κ2) is 45.3. The standard InChI is InChI=1S/C4H9BN2O.2C2H5BN2O.C2H7N.CH4BN.CH4N2O/c1-2-6-4(8)7-3-5;2*3-1-5-2(4)6;1-2-3;2-1-3;2-1(3)4/h2-3H2,1H3,(H2,6,7,8);2*1H2,(H3,4,5,6);2-3H2,1H3;1,3H2;(H4,2,3,4)/p+3. The average molecular weight is 429 g/mol. The van der Waals surface area contributed by atoms with E-state index in [1.807, 2.05) is 13.8 Å². The van der Waals surface area contributed by atoms with E-state index in [0.29, 0.717) is 13.0 Å². The van der Waals surface area contributed by atoms with Crippen molar-refractivity contribution in [3.8, 4) is 0 Å². The van der Waals surface area contributed by atoms with Crippen molar-refractivity contribution in [2.45, 2.75) is 13.8 Å². The lowest BCUT2D eigenvalue weighted by molar-refractivity contribution is -0.361. The summed E-state index contributed by atoms with van der Waals surface area (Å²) in [5.41, 5.74) is 23.0. The largest absolute Gasteiger partial charge is 0.409 e.